The molecule has 0 aliphatic carbocycles. The van der Waals surface area contributed by atoms with Crippen LogP contribution in [0.3, 0.4) is 0 Å². The Balaban J connectivity index is 1.62. The van der Waals surface area contributed by atoms with Crippen molar-refractivity contribution in [2.24, 2.45) is 0 Å². The summed E-state index contributed by atoms with van der Waals surface area (Å²) in [6.07, 6.45) is 5.57. The highest BCUT2D eigenvalue weighted by Crippen LogP contribution is 2.31. The van der Waals surface area contributed by atoms with Gasteiger partial charge in [0.2, 0.25) is 0 Å². The number of rotatable bonds is 8. The second kappa shape index (κ2) is 9.44. The predicted molar refractivity (Wildman–Crippen MR) is 129 cm³/mol. The van der Waals surface area contributed by atoms with Crippen LogP contribution in [-0.2, 0) is 6.42 Å². The second-order valence-electron chi connectivity index (χ2n) is 7.50. The minimum absolute atomic E-state index is 0.239. The van der Waals surface area contributed by atoms with Crippen molar-refractivity contribution >= 4 is 10.8 Å². The summed E-state index contributed by atoms with van der Waals surface area (Å²) in [4.78, 5) is 0. The molecule has 4 aromatic rings. The van der Waals surface area contributed by atoms with Gasteiger partial charge >= 0.3 is 0 Å². The fraction of sp³-hybridized carbons (Fsp3) is 0.103. The van der Waals surface area contributed by atoms with Crippen LogP contribution in [0.1, 0.15) is 12.0 Å². The standard InChI is InChI=1S/C29H25FO/c1-3-5-7-21-8-6-9-25-19-23(12-16-27(21)25)24-13-17-28(29(30)20-24)22-10-14-26(15-11-22)31-18-4-2/h3-4,6,8-17,19-20H,1-2,5,7,18H2. The number of hydrogen-bond acceptors (Lipinski definition) is 1. The van der Waals surface area contributed by atoms with Gasteiger partial charge in [-0.25, -0.2) is 4.39 Å². The van der Waals surface area contributed by atoms with Crippen molar-refractivity contribution in [2.75, 3.05) is 6.61 Å². The van der Waals surface area contributed by atoms with E-state index in [2.05, 4.69) is 49.6 Å². The quantitative estimate of drug-likeness (QED) is 0.268. The molecule has 4 rings (SSSR count). The molecule has 2 heteroatoms. The number of ether oxygens (including phenoxy) is 1. The van der Waals surface area contributed by atoms with Gasteiger partial charge in [-0.3, -0.25) is 0 Å². The third kappa shape index (κ3) is 4.59. The van der Waals surface area contributed by atoms with Gasteiger partial charge in [-0.2, -0.15) is 0 Å². The van der Waals surface area contributed by atoms with E-state index in [0.717, 1.165) is 35.3 Å². The molecular formula is C29H25FO. The van der Waals surface area contributed by atoms with Gasteiger partial charge in [0.25, 0.3) is 0 Å². The molecule has 154 valence electrons. The number of benzene rings is 4. The zero-order chi connectivity index (χ0) is 21.6. The van der Waals surface area contributed by atoms with Crippen LogP contribution < -0.4 is 4.74 Å². The van der Waals surface area contributed by atoms with Crippen LogP contribution in [0.4, 0.5) is 4.39 Å². The maximum absolute atomic E-state index is 15.0. The molecule has 4 aromatic carbocycles. The number of aryl methyl sites for hydroxylation is 1. The Bertz CT molecular complexity index is 1220. The van der Waals surface area contributed by atoms with Crippen LogP contribution in [-0.4, -0.2) is 6.61 Å². The van der Waals surface area contributed by atoms with E-state index >= 15 is 0 Å². The Morgan fingerprint density at radius 3 is 2.26 bits per heavy atom. The van der Waals surface area contributed by atoms with Gasteiger partial charge < -0.3 is 4.74 Å². The molecule has 0 aliphatic rings. The summed E-state index contributed by atoms with van der Waals surface area (Å²) in [5.41, 5.74) is 4.58. The third-order valence-electron chi connectivity index (χ3n) is 5.42. The fourth-order valence-corrected chi connectivity index (χ4v) is 3.82. The van der Waals surface area contributed by atoms with Crippen LogP contribution in [0, 0.1) is 5.82 Å². The molecule has 0 radical (unpaired) electrons. The third-order valence-corrected chi connectivity index (χ3v) is 5.42. The van der Waals surface area contributed by atoms with Crippen molar-refractivity contribution in [3.8, 4) is 28.0 Å². The molecule has 0 amide bonds. The molecule has 0 atom stereocenters. The van der Waals surface area contributed by atoms with E-state index in [1.807, 2.05) is 42.5 Å². The largest absolute Gasteiger partial charge is 0.490 e. The van der Waals surface area contributed by atoms with Gasteiger partial charge in [0, 0.05) is 5.56 Å². The summed E-state index contributed by atoms with van der Waals surface area (Å²) < 4.78 is 20.5. The van der Waals surface area contributed by atoms with Gasteiger partial charge in [0.15, 0.2) is 0 Å². The van der Waals surface area contributed by atoms with E-state index in [0.29, 0.717) is 12.2 Å². The lowest BCUT2D eigenvalue weighted by Crippen LogP contribution is -1.92. The van der Waals surface area contributed by atoms with E-state index < -0.39 is 0 Å². The molecule has 0 saturated carbocycles. The van der Waals surface area contributed by atoms with Gasteiger partial charge in [-0.1, -0.05) is 73.3 Å². The van der Waals surface area contributed by atoms with Crippen molar-refractivity contribution in [3.05, 3.63) is 116 Å². The molecule has 1 nitrogen and oxygen atoms in total. The summed E-state index contributed by atoms with van der Waals surface area (Å²) in [6.45, 7) is 7.91. The molecule has 0 saturated heterocycles. The van der Waals surface area contributed by atoms with Crippen molar-refractivity contribution in [2.45, 2.75) is 12.8 Å². The highest BCUT2D eigenvalue weighted by Gasteiger charge is 2.09. The van der Waals surface area contributed by atoms with E-state index in [1.165, 1.54) is 16.3 Å². The zero-order valence-corrected chi connectivity index (χ0v) is 17.5. The lowest BCUT2D eigenvalue weighted by Gasteiger charge is -2.10. The van der Waals surface area contributed by atoms with Crippen molar-refractivity contribution in [1.82, 2.24) is 0 Å². The monoisotopic (exact) mass is 408 g/mol. The molecule has 0 bridgehead atoms. The van der Waals surface area contributed by atoms with Gasteiger partial charge in [-0.05, 0) is 70.1 Å². The first-order valence-electron chi connectivity index (χ1n) is 10.5. The normalized spacial score (nSPS) is 10.7. The van der Waals surface area contributed by atoms with E-state index in [-0.39, 0.29) is 5.82 Å². The summed E-state index contributed by atoms with van der Waals surface area (Å²) in [7, 11) is 0. The molecular weight excluding hydrogens is 383 g/mol. The highest BCUT2D eigenvalue weighted by molar-refractivity contribution is 5.90. The van der Waals surface area contributed by atoms with E-state index in [1.54, 1.807) is 12.1 Å². The molecule has 0 spiro atoms. The molecule has 0 unspecified atom stereocenters. The predicted octanol–water partition coefficient (Wildman–Crippen LogP) is 8.00. The maximum Gasteiger partial charge on any atom is 0.131 e. The van der Waals surface area contributed by atoms with E-state index in [9.17, 15) is 4.39 Å². The molecule has 0 heterocycles. The lowest BCUT2D eigenvalue weighted by atomic mass is 9.95. The SMILES string of the molecule is C=CCCc1cccc2cc(-c3ccc(-c4ccc(OCC=C)cc4)c(F)c3)ccc12. The van der Waals surface area contributed by atoms with Crippen molar-refractivity contribution in [3.63, 3.8) is 0 Å². The first-order valence-corrected chi connectivity index (χ1v) is 10.5. The number of allylic oxidation sites excluding steroid dienone is 1. The molecule has 0 N–H and O–H groups in total. The first-order chi connectivity index (χ1) is 15.2. The lowest BCUT2D eigenvalue weighted by molar-refractivity contribution is 0.363. The Morgan fingerprint density at radius 1 is 0.774 bits per heavy atom. The van der Waals surface area contributed by atoms with E-state index in [4.69, 9.17) is 4.74 Å². The number of fused-ring (bicyclic) bond motifs is 1. The summed E-state index contributed by atoms with van der Waals surface area (Å²) in [6, 6.07) is 25.6. The van der Waals surface area contributed by atoms with Crippen LogP contribution in [0.25, 0.3) is 33.0 Å². The number of hydrogen-bond donors (Lipinski definition) is 0. The minimum atomic E-state index is -0.239. The molecule has 0 aliphatic heterocycles. The first kappa shape index (κ1) is 20.6. The Morgan fingerprint density at radius 2 is 1.52 bits per heavy atom. The maximum atomic E-state index is 15.0. The smallest absolute Gasteiger partial charge is 0.131 e. The molecule has 0 aromatic heterocycles. The van der Waals surface area contributed by atoms with Gasteiger partial charge in [0.1, 0.15) is 18.2 Å². The van der Waals surface area contributed by atoms with Crippen molar-refractivity contribution < 1.29 is 9.13 Å². The zero-order valence-electron chi connectivity index (χ0n) is 17.5. The Labute approximate surface area is 183 Å². The Hall–Kier alpha value is -3.65. The van der Waals surface area contributed by atoms with Crippen LogP contribution >= 0.6 is 0 Å². The van der Waals surface area contributed by atoms with Crippen LogP contribution in [0.5, 0.6) is 5.75 Å². The highest BCUT2D eigenvalue weighted by atomic mass is 19.1. The Kier molecular flexibility index (Phi) is 6.28. The van der Waals surface area contributed by atoms with Gasteiger partial charge in [0.05, 0.1) is 0 Å². The van der Waals surface area contributed by atoms with Crippen LogP contribution in [0.2, 0.25) is 0 Å². The minimum Gasteiger partial charge on any atom is -0.490 e. The topological polar surface area (TPSA) is 9.23 Å². The average Bonchev–Trinajstić information content (AvgIpc) is 2.81. The summed E-state index contributed by atoms with van der Waals surface area (Å²) in [5, 5.41) is 2.41. The summed E-state index contributed by atoms with van der Waals surface area (Å²) in [5.74, 6) is 0.501. The molecule has 31 heavy (non-hydrogen) atoms. The fourth-order valence-electron chi connectivity index (χ4n) is 3.82. The van der Waals surface area contributed by atoms with Crippen LogP contribution in [0.15, 0.2) is 104 Å². The molecule has 0 fully saturated rings. The average molecular weight is 409 g/mol. The second-order valence-corrected chi connectivity index (χ2v) is 7.50. The van der Waals surface area contributed by atoms with Crippen molar-refractivity contribution in [1.29, 1.82) is 0 Å². The number of halogens is 1. The summed E-state index contributed by atoms with van der Waals surface area (Å²) >= 11 is 0. The van der Waals surface area contributed by atoms with Gasteiger partial charge in [-0.15, -0.1) is 6.58 Å².